The molecule has 4 radical (unpaired) electrons. The Kier molecular flexibility index (Phi) is 7.05. The first kappa shape index (κ1) is 21.1. The quantitative estimate of drug-likeness (QED) is 0.486. The van der Waals surface area contributed by atoms with E-state index in [2.05, 4.69) is 5.32 Å². The van der Waals surface area contributed by atoms with Gasteiger partial charge < -0.3 is 20.3 Å². The Morgan fingerprint density at radius 2 is 1.96 bits per heavy atom. The van der Waals surface area contributed by atoms with Crippen molar-refractivity contribution in [1.29, 1.82) is 0 Å². The lowest BCUT2D eigenvalue weighted by atomic mass is 9.73. The molecule has 1 unspecified atom stereocenters. The number of benzene rings is 1. The number of halogens is 3. The normalized spacial score (nSPS) is 19.3. The predicted molar refractivity (Wildman–Crippen MR) is 92.8 cm³/mol. The summed E-state index contributed by atoms with van der Waals surface area (Å²) in [7, 11) is 10.3. The number of rotatable bonds is 8. The van der Waals surface area contributed by atoms with Crippen molar-refractivity contribution >= 4 is 15.7 Å². The molecule has 1 saturated carbocycles. The summed E-state index contributed by atoms with van der Waals surface area (Å²) in [5.41, 5.74) is -1.61. The third-order valence-electron chi connectivity index (χ3n) is 4.48. The summed E-state index contributed by atoms with van der Waals surface area (Å²) < 4.78 is 45.7. The molecule has 0 saturated heterocycles. The fourth-order valence-electron chi connectivity index (χ4n) is 2.89. The van der Waals surface area contributed by atoms with Crippen molar-refractivity contribution in [3.63, 3.8) is 0 Å². The van der Waals surface area contributed by atoms with Gasteiger partial charge in [-0.05, 0) is 49.4 Å². The molecule has 1 aliphatic rings. The minimum absolute atomic E-state index is 0.0269. The molecule has 1 aromatic rings. The summed E-state index contributed by atoms with van der Waals surface area (Å²) in [6.07, 6.45) is -0.443. The Morgan fingerprint density at radius 1 is 1.31 bits per heavy atom. The smallest absolute Gasteiger partial charge is 0.248 e. The van der Waals surface area contributed by atoms with Crippen LogP contribution in [0, 0.1) is 11.7 Å². The number of nitrogens with one attached hydrogen (secondary N) is 1. The third kappa shape index (κ3) is 6.85. The monoisotopic (exact) mass is 367 g/mol. The Morgan fingerprint density at radius 3 is 2.58 bits per heavy atom. The van der Waals surface area contributed by atoms with Crippen LogP contribution in [0.15, 0.2) is 18.2 Å². The highest BCUT2D eigenvalue weighted by Crippen LogP contribution is 2.36. The maximum atomic E-state index is 13.9. The van der Waals surface area contributed by atoms with E-state index >= 15 is 0 Å². The van der Waals surface area contributed by atoms with E-state index in [-0.39, 0.29) is 44.1 Å². The highest BCUT2D eigenvalue weighted by molar-refractivity contribution is 6.38. The molecule has 9 heteroatoms. The molecule has 0 heterocycles. The molecule has 0 aromatic heterocycles. The second-order valence-electron chi connectivity index (χ2n) is 6.86. The molecule has 0 spiro atoms. The number of aliphatic hydroxyl groups excluding tert-OH is 1. The summed E-state index contributed by atoms with van der Waals surface area (Å²) in [4.78, 5) is 0. The van der Waals surface area contributed by atoms with Gasteiger partial charge >= 0.3 is 0 Å². The number of hydrogen-bond donors (Lipinski definition) is 3. The van der Waals surface area contributed by atoms with Gasteiger partial charge in [-0.25, -0.2) is 13.2 Å². The predicted octanol–water partition coefficient (Wildman–Crippen LogP) is 1.98. The summed E-state index contributed by atoms with van der Waals surface area (Å²) in [6.45, 7) is 0.288. The second kappa shape index (κ2) is 8.67. The molecule has 1 atom stereocenters. The highest BCUT2D eigenvalue weighted by Gasteiger charge is 2.35. The summed E-state index contributed by atoms with van der Waals surface area (Å²) in [5.74, 6) is -3.27. The first-order valence-electron chi connectivity index (χ1n) is 8.59. The first-order valence-corrected chi connectivity index (χ1v) is 8.59. The molecular weight excluding hydrogens is 345 g/mol. The molecule has 26 heavy (non-hydrogen) atoms. The Hall–Kier alpha value is -1.18. The van der Waals surface area contributed by atoms with Crippen LogP contribution in [0.1, 0.15) is 43.8 Å². The fraction of sp³-hybridized carbons (Fsp3) is 0.647. The van der Waals surface area contributed by atoms with Crippen molar-refractivity contribution in [2.45, 2.75) is 49.7 Å². The van der Waals surface area contributed by atoms with Gasteiger partial charge in [-0.2, -0.15) is 0 Å². The van der Waals surface area contributed by atoms with Crippen LogP contribution in [0.3, 0.4) is 0 Å². The molecule has 0 amide bonds. The van der Waals surface area contributed by atoms with E-state index in [4.69, 9.17) is 25.5 Å². The van der Waals surface area contributed by atoms with Crippen LogP contribution in [-0.4, -0.2) is 50.5 Å². The Labute approximate surface area is 153 Å². The van der Waals surface area contributed by atoms with Crippen LogP contribution in [0.4, 0.5) is 13.2 Å². The molecule has 0 bridgehead atoms. The van der Waals surface area contributed by atoms with Crippen LogP contribution >= 0.6 is 0 Å². The molecule has 1 fully saturated rings. The van der Waals surface area contributed by atoms with Crippen LogP contribution < -0.4 is 10.1 Å². The molecule has 4 nitrogen and oxygen atoms in total. The topological polar surface area (TPSA) is 61.7 Å². The average Bonchev–Trinajstić information content (AvgIpc) is 2.54. The van der Waals surface area contributed by atoms with E-state index in [1.54, 1.807) is 0 Å². The van der Waals surface area contributed by atoms with Gasteiger partial charge in [0.2, 0.25) is 5.92 Å². The maximum Gasteiger partial charge on any atom is 0.248 e. The van der Waals surface area contributed by atoms with E-state index in [0.29, 0.717) is 18.4 Å². The van der Waals surface area contributed by atoms with Crippen molar-refractivity contribution in [3.8, 4) is 5.75 Å². The number of aliphatic hydroxyl groups is 2. The zero-order chi connectivity index (χ0) is 19.4. The van der Waals surface area contributed by atoms with Crippen LogP contribution in [0.5, 0.6) is 5.75 Å². The molecule has 2 rings (SSSR count). The van der Waals surface area contributed by atoms with Crippen LogP contribution in [0.2, 0.25) is 0 Å². The minimum atomic E-state index is -2.61. The van der Waals surface area contributed by atoms with Gasteiger partial charge in [-0.15, -0.1) is 0 Å². The minimum Gasteiger partial charge on any atom is -0.490 e. The second-order valence-corrected chi connectivity index (χ2v) is 6.86. The van der Waals surface area contributed by atoms with E-state index in [9.17, 15) is 18.3 Å². The van der Waals surface area contributed by atoms with E-state index in [1.165, 1.54) is 18.2 Å². The van der Waals surface area contributed by atoms with Gasteiger partial charge in [0.05, 0.1) is 12.7 Å². The number of ether oxygens (including phenoxy) is 1. The first-order chi connectivity index (χ1) is 12.1. The van der Waals surface area contributed by atoms with Crippen LogP contribution in [-0.2, 0) is 0 Å². The molecule has 3 N–H and O–H groups in total. The van der Waals surface area contributed by atoms with Gasteiger partial charge in [0.1, 0.15) is 15.7 Å². The van der Waals surface area contributed by atoms with Gasteiger partial charge in [-0.3, -0.25) is 0 Å². The lowest BCUT2D eigenvalue weighted by molar-refractivity contribution is -0.0499. The SMILES string of the molecule is [B]C([B])(O)NCCC(O)c1ccc(F)c(OCC2CCC(F)(F)CC2)c1. The lowest BCUT2D eigenvalue weighted by Gasteiger charge is -2.28. The van der Waals surface area contributed by atoms with Gasteiger partial charge in [0.15, 0.2) is 11.6 Å². The largest absolute Gasteiger partial charge is 0.490 e. The van der Waals surface area contributed by atoms with Crippen molar-refractivity contribution < 1.29 is 28.1 Å². The molecule has 0 aliphatic heterocycles. The van der Waals surface area contributed by atoms with Gasteiger partial charge in [-0.1, -0.05) is 6.07 Å². The van der Waals surface area contributed by atoms with Crippen molar-refractivity contribution in [2.75, 3.05) is 13.2 Å². The number of hydrogen-bond acceptors (Lipinski definition) is 4. The van der Waals surface area contributed by atoms with Gasteiger partial charge in [0, 0.05) is 18.4 Å². The lowest BCUT2D eigenvalue weighted by Crippen LogP contribution is -2.46. The zero-order valence-electron chi connectivity index (χ0n) is 14.4. The molecule has 1 aliphatic carbocycles. The molecule has 140 valence electrons. The molecular formula is C17H22B2F3NO3. The van der Waals surface area contributed by atoms with Crippen molar-refractivity contribution in [1.82, 2.24) is 5.32 Å². The number of alkyl halides is 2. The maximum absolute atomic E-state index is 13.9. The van der Waals surface area contributed by atoms with Gasteiger partial charge in [0.25, 0.3) is 0 Å². The van der Waals surface area contributed by atoms with E-state index in [0.717, 1.165) is 0 Å². The fourth-order valence-corrected chi connectivity index (χ4v) is 2.89. The standard InChI is InChI=1S/C17H22B2F3NO3/c18-17(19,25)23-8-5-14(24)12-1-2-13(20)15(9-12)26-10-11-3-6-16(21,22)7-4-11/h1-2,9,11,14,23-25H,3-8,10H2. The van der Waals surface area contributed by atoms with E-state index < -0.39 is 23.4 Å². The summed E-state index contributed by atoms with van der Waals surface area (Å²) in [6, 6.07) is 3.98. The summed E-state index contributed by atoms with van der Waals surface area (Å²) >= 11 is 0. The zero-order valence-corrected chi connectivity index (χ0v) is 14.4. The average molecular weight is 367 g/mol. The highest BCUT2D eigenvalue weighted by atomic mass is 19.3. The Balaban J connectivity index is 1.88. The van der Waals surface area contributed by atoms with Crippen molar-refractivity contribution in [2.24, 2.45) is 5.92 Å². The molecule has 1 aromatic carbocycles. The summed E-state index contributed by atoms with van der Waals surface area (Å²) in [5, 5.41) is 21.7. The van der Waals surface area contributed by atoms with E-state index in [1.807, 2.05) is 0 Å². The third-order valence-corrected chi connectivity index (χ3v) is 4.48. The van der Waals surface area contributed by atoms with Crippen LogP contribution in [0.25, 0.3) is 0 Å². The Bertz CT molecular complexity index is 589. The van der Waals surface area contributed by atoms with Crippen molar-refractivity contribution in [3.05, 3.63) is 29.6 Å².